The van der Waals surface area contributed by atoms with Gasteiger partial charge in [0.25, 0.3) is 0 Å². The quantitative estimate of drug-likeness (QED) is 0.453. The molecule has 0 aliphatic carbocycles. The van der Waals surface area contributed by atoms with Gasteiger partial charge in [-0.2, -0.15) is 0 Å². The molecule has 0 fully saturated rings. The zero-order chi connectivity index (χ0) is 11.5. The summed E-state index contributed by atoms with van der Waals surface area (Å²) < 4.78 is 9.99. The molecule has 0 unspecified atom stereocenters. The largest absolute Gasteiger partial charge is 0.514 e. The summed E-state index contributed by atoms with van der Waals surface area (Å²) in [5.74, 6) is 0.398. The van der Waals surface area contributed by atoms with Crippen molar-refractivity contribution in [1.82, 2.24) is 0 Å². The summed E-state index contributed by atoms with van der Waals surface area (Å²) >= 11 is 4.15. The van der Waals surface area contributed by atoms with E-state index in [1.807, 2.05) is 6.07 Å². The summed E-state index contributed by atoms with van der Waals surface area (Å²) in [5, 5.41) is 0. The lowest BCUT2D eigenvalue weighted by atomic mass is 10.2. The van der Waals surface area contributed by atoms with Gasteiger partial charge in [-0.3, -0.25) is 0 Å². The number of benzene rings is 1. The molecule has 4 heteroatoms. The van der Waals surface area contributed by atoms with Crippen LogP contribution >= 0.6 is 12.6 Å². The number of carbonyl (C=O) groups excluding carboxylic acids is 1. The van der Waals surface area contributed by atoms with Gasteiger partial charge in [0.1, 0.15) is 11.4 Å². The highest BCUT2D eigenvalue weighted by atomic mass is 32.1. The minimum absolute atomic E-state index is 0.398. The average molecular weight is 226 g/mol. The van der Waals surface area contributed by atoms with Gasteiger partial charge in [0.15, 0.2) is 0 Å². The van der Waals surface area contributed by atoms with Gasteiger partial charge in [0.2, 0.25) is 0 Å². The maximum atomic E-state index is 11.3. The van der Waals surface area contributed by atoms with Gasteiger partial charge in [0, 0.05) is 4.90 Å². The SMILES string of the molecule is CC(C)(C)OC(=O)Oc1ccccc1S. The first-order chi connectivity index (χ1) is 6.88. The van der Waals surface area contributed by atoms with E-state index in [-0.39, 0.29) is 0 Å². The molecule has 0 N–H and O–H groups in total. The standard InChI is InChI=1S/C11H14O3S/c1-11(2,3)14-10(12)13-8-6-4-5-7-9(8)15/h4-7,15H,1-3H3. The fourth-order valence-corrected chi connectivity index (χ4v) is 1.11. The lowest BCUT2D eigenvalue weighted by molar-refractivity contribution is 0.0201. The lowest BCUT2D eigenvalue weighted by Crippen LogP contribution is -2.26. The Morgan fingerprint density at radius 2 is 1.87 bits per heavy atom. The van der Waals surface area contributed by atoms with Gasteiger partial charge < -0.3 is 9.47 Å². The fraction of sp³-hybridized carbons (Fsp3) is 0.364. The Balaban J connectivity index is 2.64. The summed E-state index contributed by atoms with van der Waals surface area (Å²) in [5.41, 5.74) is -0.553. The van der Waals surface area contributed by atoms with Crippen LogP contribution in [-0.2, 0) is 4.74 Å². The molecule has 0 aromatic heterocycles. The second-order valence-corrected chi connectivity index (χ2v) is 4.52. The van der Waals surface area contributed by atoms with Crippen LogP contribution in [0.5, 0.6) is 5.75 Å². The lowest BCUT2D eigenvalue weighted by Gasteiger charge is -2.18. The Morgan fingerprint density at radius 1 is 1.27 bits per heavy atom. The van der Waals surface area contributed by atoms with Crippen molar-refractivity contribution in [3.05, 3.63) is 24.3 Å². The summed E-state index contributed by atoms with van der Waals surface area (Å²) in [7, 11) is 0. The van der Waals surface area contributed by atoms with E-state index in [9.17, 15) is 4.79 Å². The number of ether oxygens (including phenoxy) is 2. The molecule has 0 radical (unpaired) electrons. The second-order valence-electron chi connectivity index (χ2n) is 4.03. The molecule has 0 aliphatic heterocycles. The average Bonchev–Trinajstić information content (AvgIpc) is 2.05. The Kier molecular flexibility index (Phi) is 3.63. The van der Waals surface area contributed by atoms with Crippen molar-refractivity contribution in [2.45, 2.75) is 31.3 Å². The van der Waals surface area contributed by atoms with Crippen molar-refractivity contribution in [1.29, 1.82) is 0 Å². The first-order valence-electron chi connectivity index (χ1n) is 4.57. The fourth-order valence-electron chi connectivity index (χ4n) is 0.904. The normalized spacial score (nSPS) is 10.9. The predicted molar refractivity (Wildman–Crippen MR) is 60.6 cm³/mol. The zero-order valence-electron chi connectivity index (χ0n) is 8.98. The second kappa shape index (κ2) is 4.57. The van der Waals surface area contributed by atoms with Crippen molar-refractivity contribution in [3.8, 4) is 5.75 Å². The van der Waals surface area contributed by atoms with Crippen molar-refractivity contribution in [2.24, 2.45) is 0 Å². The maximum absolute atomic E-state index is 11.3. The van der Waals surface area contributed by atoms with E-state index >= 15 is 0 Å². The highest BCUT2D eigenvalue weighted by molar-refractivity contribution is 7.80. The maximum Gasteiger partial charge on any atom is 0.514 e. The molecule has 0 spiro atoms. The van der Waals surface area contributed by atoms with Crippen LogP contribution in [0, 0.1) is 0 Å². The summed E-state index contributed by atoms with van der Waals surface area (Å²) in [6.07, 6.45) is -0.719. The van der Waals surface area contributed by atoms with Crippen molar-refractivity contribution < 1.29 is 14.3 Å². The highest BCUT2D eigenvalue weighted by Gasteiger charge is 2.18. The first-order valence-corrected chi connectivity index (χ1v) is 5.02. The first kappa shape index (κ1) is 11.9. The third-order valence-corrected chi connectivity index (χ3v) is 1.82. The van der Waals surface area contributed by atoms with Crippen LogP contribution in [0.15, 0.2) is 29.2 Å². The molecule has 0 atom stereocenters. The van der Waals surface area contributed by atoms with E-state index in [4.69, 9.17) is 9.47 Å². The van der Waals surface area contributed by atoms with Gasteiger partial charge in [-0.25, -0.2) is 4.79 Å². The summed E-state index contributed by atoms with van der Waals surface area (Å²) in [4.78, 5) is 11.9. The molecule has 1 rings (SSSR count). The Bertz CT molecular complexity index is 355. The summed E-state index contributed by atoms with van der Waals surface area (Å²) in [6, 6.07) is 6.97. The minimum atomic E-state index is -0.719. The molecular formula is C11H14O3S. The molecule has 0 saturated carbocycles. The zero-order valence-corrected chi connectivity index (χ0v) is 9.88. The minimum Gasteiger partial charge on any atom is -0.428 e. The Labute approximate surface area is 94.8 Å². The Hall–Kier alpha value is -1.16. The van der Waals surface area contributed by atoms with Crippen LogP contribution in [0.4, 0.5) is 4.79 Å². The number of hydrogen-bond donors (Lipinski definition) is 1. The van der Waals surface area contributed by atoms with Crippen molar-refractivity contribution in [2.75, 3.05) is 0 Å². The Morgan fingerprint density at radius 3 is 2.40 bits per heavy atom. The van der Waals surface area contributed by atoms with E-state index in [1.54, 1.807) is 39.0 Å². The number of thiol groups is 1. The van der Waals surface area contributed by atoms with Crippen LogP contribution in [0.25, 0.3) is 0 Å². The molecule has 1 aromatic carbocycles. The molecule has 1 aromatic rings. The van der Waals surface area contributed by atoms with Gasteiger partial charge in [0.05, 0.1) is 0 Å². The third-order valence-electron chi connectivity index (χ3n) is 1.45. The van der Waals surface area contributed by atoms with Gasteiger partial charge >= 0.3 is 6.16 Å². The van der Waals surface area contributed by atoms with E-state index in [0.717, 1.165) is 0 Å². The number of para-hydroxylation sites is 1. The molecule has 82 valence electrons. The topological polar surface area (TPSA) is 35.5 Å². The van der Waals surface area contributed by atoms with E-state index in [1.165, 1.54) is 0 Å². The molecule has 0 bridgehead atoms. The van der Waals surface area contributed by atoms with E-state index in [0.29, 0.717) is 10.6 Å². The smallest absolute Gasteiger partial charge is 0.428 e. The number of rotatable bonds is 1. The molecular weight excluding hydrogens is 212 g/mol. The molecule has 3 nitrogen and oxygen atoms in total. The van der Waals surface area contributed by atoms with Gasteiger partial charge in [-0.15, -0.1) is 12.6 Å². The van der Waals surface area contributed by atoms with Gasteiger partial charge in [-0.05, 0) is 32.9 Å². The van der Waals surface area contributed by atoms with Crippen molar-refractivity contribution >= 4 is 18.8 Å². The number of hydrogen-bond acceptors (Lipinski definition) is 4. The molecule has 15 heavy (non-hydrogen) atoms. The van der Waals surface area contributed by atoms with Crippen LogP contribution in [0.2, 0.25) is 0 Å². The molecule has 0 aliphatic rings. The van der Waals surface area contributed by atoms with Crippen molar-refractivity contribution in [3.63, 3.8) is 0 Å². The van der Waals surface area contributed by atoms with Crippen LogP contribution in [-0.4, -0.2) is 11.8 Å². The molecule has 0 heterocycles. The van der Waals surface area contributed by atoms with Crippen LogP contribution in [0.3, 0.4) is 0 Å². The highest BCUT2D eigenvalue weighted by Crippen LogP contribution is 2.22. The van der Waals surface area contributed by atoms with Crippen LogP contribution in [0.1, 0.15) is 20.8 Å². The van der Waals surface area contributed by atoms with E-state index < -0.39 is 11.8 Å². The summed E-state index contributed by atoms with van der Waals surface area (Å²) in [6.45, 7) is 5.34. The van der Waals surface area contributed by atoms with E-state index in [2.05, 4.69) is 12.6 Å². The van der Waals surface area contributed by atoms with Crippen LogP contribution < -0.4 is 4.74 Å². The predicted octanol–water partition coefficient (Wildman–Crippen LogP) is 3.29. The molecule has 0 saturated heterocycles. The van der Waals surface area contributed by atoms with Gasteiger partial charge in [-0.1, -0.05) is 12.1 Å². The number of carbonyl (C=O) groups is 1. The monoisotopic (exact) mass is 226 g/mol. The third kappa shape index (κ3) is 4.25. The molecule has 0 amide bonds.